The minimum Gasteiger partial charge on any atom is -0.454 e. The summed E-state index contributed by atoms with van der Waals surface area (Å²) in [6, 6.07) is 4.19. The van der Waals surface area contributed by atoms with Gasteiger partial charge in [-0.1, -0.05) is 6.07 Å². The van der Waals surface area contributed by atoms with Crippen LogP contribution in [0.2, 0.25) is 0 Å². The molecule has 82 valence electrons. The van der Waals surface area contributed by atoms with Gasteiger partial charge in [-0.15, -0.1) is 0 Å². The van der Waals surface area contributed by atoms with Gasteiger partial charge in [-0.2, -0.15) is 8.78 Å². The number of ether oxygens (including phenoxy) is 2. The van der Waals surface area contributed by atoms with Crippen LogP contribution < -0.4 is 9.47 Å². The van der Waals surface area contributed by atoms with Crippen LogP contribution in [0.4, 0.5) is 8.78 Å². The zero-order valence-corrected chi connectivity index (χ0v) is 9.00. The Balaban J connectivity index is 2.31. The molecular weight excluding hydrogens is 274 g/mol. The van der Waals surface area contributed by atoms with Crippen LogP contribution in [0.1, 0.15) is 11.7 Å². The van der Waals surface area contributed by atoms with Crippen molar-refractivity contribution in [2.45, 2.75) is 10.9 Å². The summed E-state index contributed by atoms with van der Waals surface area (Å²) in [6.45, 7) is 0.0690. The first-order valence-electron chi connectivity index (χ1n) is 4.13. The summed E-state index contributed by atoms with van der Waals surface area (Å²) in [4.78, 5) is -3.36. The van der Waals surface area contributed by atoms with Crippen molar-refractivity contribution in [1.29, 1.82) is 0 Å². The largest absolute Gasteiger partial charge is 0.454 e. The van der Waals surface area contributed by atoms with E-state index in [-0.39, 0.29) is 12.4 Å². The molecule has 1 aliphatic rings. The van der Waals surface area contributed by atoms with Crippen LogP contribution in [-0.4, -0.2) is 16.7 Å². The van der Waals surface area contributed by atoms with Crippen molar-refractivity contribution < 1.29 is 23.4 Å². The van der Waals surface area contributed by atoms with Crippen LogP contribution in [0.3, 0.4) is 0 Å². The van der Waals surface area contributed by atoms with Crippen LogP contribution >= 0.6 is 15.9 Å². The maximum atomic E-state index is 12.7. The Kier molecular flexibility index (Phi) is 2.56. The van der Waals surface area contributed by atoms with Gasteiger partial charge in [0.05, 0.1) is 0 Å². The topological polar surface area (TPSA) is 38.7 Å². The smallest absolute Gasteiger partial charge is 0.330 e. The number of aliphatic hydroxyl groups excluding tert-OH is 1. The summed E-state index contributed by atoms with van der Waals surface area (Å²) < 4.78 is 35.5. The van der Waals surface area contributed by atoms with E-state index in [9.17, 15) is 13.9 Å². The zero-order chi connectivity index (χ0) is 11.1. The molecule has 1 atom stereocenters. The van der Waals surface area contributed by atoms with E-state index < -0.39 is 10.9 Å². The SMILES string of the molecule is OC(c1ccc2c(c1)OCO2)C(F)(F)Br. The second kappa shape index (κ2) is 3.61. The van der Waals surface area contributed by atoms with Gasteiger partial charge in [-0.3, -0.25) is 0 Å². The fraction of sp³-hybridized carbons (Fsp3) is 0.333. The predicted molar refractivity (Wildman–Crippen MR) is 51.4 cm³/mol. The molecule has 2 rings (SSSR count). The Morgan fingerprint density at radius 3 is 2.67 bits per heavy atom. The lowest BCUT2D eigenvalue weighted by Crippen LogP contribution is -2.18. The molecule has 15 heavy (non-hydrogen) atoms. The molecule has 1 heterocycles. The number of hydrogen-bond donors (Lipinski definition) is 1. The first kappa shape index (κ1) is 10.6. The quantitative estimate of drug-likeness (QED) is 0.846. The molecule has 1 aromatic rings. The molecule has 0 fully saturated rings. The molecule has 1 N–H and O–H groups in total. The summed E-state index contributed by atoms with van der Waals surface area (Å²) in [6.07, 6.45) is -1.91. The van der Waals surface area contributed by atoms with Crippen LogP contribution in [0.5, 0.6) is 11.5 Å². The van der Waals surface area contributed by atoms with Crippen LogP contribution in [-0.2, 0) is 0 Å². The van der Waals surface area contributed by atoms with E-state index in [0.29, 0.717) is 11.5 Å². The van der Waals surface area contributed by atoms with E-state index in [4.69, 9.17) is 9.47 Å². The summed E-state index contributed by atoms with van der Waals surface area (Å²) in [5.74, 6) is 0.854. The maximum absolute atomic E-state index is 12.7. The van der Waals surface area contributed by atoms with E-state index in [0.717, 1.165) is 0 Å². The lowest BCUT2D eigenvalue weighted by molar-refractivity contribution is -0.0295. The molecule has 0 bridgehead atoms. The van der Waals surface area contributed by atoms with Gasteiger partial charge >= 0.3 is 4.83 Å². The molecular formula is C9H7BrF2O3. The maximum Gasteiger partial charge on any atom is 0.330 e. The molecule has 0 radical (unpaired) electrons. The molecule has 1 aliphatic heterocycles. The molecule has 3 nitrogen and oxygen atoms in total. The lowest BCUT2D eigenvalue weighted by atomic mass is 10.1. The average Bonchev–Trinajstić information content (AvgIpc) is 2.61. The van der Waals surface area contributed by atoms with Crippen molar-refractivity contribution in [2.24, 2.45) is 0 Å². The molecule has 1 unspecified atom stereocenters. The minimum absolute atomic E-state index is 0.0690. The Bertz CT molecular complexity index is 378. The highest BCUT2D eigenvalue weighted by molar-refractivity contribution is 9.10. The van der Waals surface area contributed by atoms with Gasteiger partial charge < -0.3 is 14.6 Å². The van der Waals surface area contributed by atoms with Gasteiger partial charge in [0.15, 0.2) is 17.6 Å². The van der Waals surface area contributed by atoms with Crippen LogP contribution in [0, 0.1) is 0 Å². The van der Waals surface area contributed by atoms with Gasteiger partial charge in [-0.25, -0.2) is 0 Å². The van der Waals surface area contributed by atoms with Gasteiger partial charge in [0.1, 0.15) is 0 Å². The Labute approximate surface area is 92.7 Å². The molecule has 6 heteroatoms. The van der Waals surface area contributed by atoms with Gasteiger partial charge in [-0.05, 0) is 33.6 Å². The third-order valence-electron chi connectivity index (χ3n) is 2.02. The zero-order valence-electron chi connectivity index (χ0n) is 7.41. The van der Waals surface area contributed by atoms with E-state index in [1.807, 2.05) is 0 Å². The second-order valence-corrected chi connectivity index (χ2v) is 4.11. The van der Waals surface area contributed by atoms with Crippen molar-refractivity contribution in [3.05, 3.63) is 23.8 Å². The molecule has 0 saturated heterocycles. The van der Waals surface area contributed by atoms with Crippen molar-refractivity contribution in [2.75, 3.05) is 6.79 Å². The van der Waals surface area contributed by atoms with Crippen LogP contribution in [0.15, 0.2) is 18.2 Å². The average molecular weight is 281 g/mol. The van der Waals surface area contributed by atoms with Crippen molar-refractivity contribution in [3.63, 3.8) is 0 Å². The normalized spacial score (nSPS) is 16.5. The monoisotopic (exact) mass is 280 g/mol. The number of aliphatic hydroxyl groups is 1. The highest BCUT2D eigenvalue weighted by atomic mass is 79.9. The Morgan fingerprint density at radius 2 is 2.00 bits per heavy atom. The predicted octanol–water partition coefficient (Wildman–Crippen LogP) is 2.44. The number of alkyl halides is 3. The Hall–Kier alpha value is -0.880. The standard InChI is InChI=1S/C9H7BrF2O3/c10-9(11,12)8(13)5-1-2-6-7(3-5)15-4-14-6/h1-3,8,13H,4H2. The van der Waals surface area contributed by atoms with E-state index >= 15 is 0 Å². The van der Waals surface area contributed by atoms with Crippen molar-refractivity contribution in [1.82, 2.24) is 0 Å². The number of fused-ring (bicyclic) bond motifs is 1. The van der Waals surface area contributed by atoms with Crippen molar-refractivity contribution >= 4 is 15.9 Å². The summed E-state index contributed by atoms with van der Waals surface area (Å²) in [5, 5.41) is 9.30. The fourth-order valence-electron chi connectivity index (χ4n) is 1.27. The van der Waals surface area contributed by atoms with Crippen molar-refractivity contribution in [3.8, 4) is 11.5 Å². The summed E-state index contributed by atoms with van der Waals surface area (Å²) in [5.41, 5.74) is 0.0705. The molecule has 0 spiro atoms. The first-order chi connectivity index (χ1) is 6.98. The summed E-state index contributed by atoms with van der Waals surface area (Å²) >= 11 is 2.11. The van der Waals surface area contributed by atoms with Gasteiger partial charge in [0.25, 0.3) is 0 Å². The summed E-state index contributed by atoms with van der Waals surface area (Å²) in [7, 11) is 0. The lowest BCUT2D eigenvalue weighted by Gasteiger charge is -2.16. The third kappa shape index (κ3) is 2.05. The van der Waals surface area contributed by atoms with E-state index in [1.54, 1.807) is 0 Å². The molecule has 0 aromatic heterocycles. The number of halogens is 3. The number of rotatable bonds is 2. The second-order valence-electron chi connectivity index (χ2n) is 3.06. The van der Waals surface area contributed by atoms with Gasteiger partial charge in [0.2, 0.25) is 6.79 Å². The molecule has 0 aliphatic carbocycles. The molecule has 0 amide bonds. The highest BCUT2D eigenvalue weighted by Crippen LogP contribution is 2.40. The number of benzene rings is 1. The fourth-order valence-corrected chi connectivity index (χ4v) is 1.54. The minimum atomic E-state index is -3.36. The molecule has 1 aromatic carbocycles. The number of hydrogen-bond acceptors (Lipinski definition) is 3. The Morgan fingerprint density at radius 1 is 1.33 bits per heavy atom. The highest BCUT2D eigenvalue weighted by Gasteiger charge is 2.36. The van der Waals surface area contributed by atoms with E-state index in [2.05, 4.69) is 15.9 Å². The third-order valence-corrected chi connectivity index (χ3v) is 2.46. The van der Waals surface area contributed by atoms with Crippen LogP contribution in [0.25, 0.3) is 0 Å². The van der Waals surface area contributed by atoms with E-state index in [1.165, 1.54) is 18.2 Å². The van der Waals surface area contributed by atoms with Gasteiger partial charge in [0, 0.05) is 0 Å². The molecule has 0 saturated carbocycles. The first-order valence-corrected chi connectivity index (χ1v) is 4.92.